The zero-order chi connectivity index (χ0) is 14.8. The van der Waals surface area contributed by atoms with Gasteiger partial charge in [-0.1, -0.05) is 25.1 Å². The Morgan fingerprint density at radius 2 is 2.05 bits per heavy atom. The Kier molecular flexibility index (Phi) is 3.78. The quantitative estimate of drug-likeness (QED) is 0.936. The first-order chi connectivity index (χ1) is 10.2. The molecule has 0 amide bonds. The van der Waals surface area contributed by atoms with Crippen molar-refractivity contribution in [2.75, 3.05) is 23.8 Å². The monoisotopic (exact) mass is 282 g/mol. The Balaban J connectivity index is 2.13. The first-order valence-corrected chi connectivity index (χ1v) is 7.65. The van der Waals surface area contributed by atoms with E-state index >= 15 is 0 Å². The van der Waals surface area contributed by atoms with E-state index < -0.39 is 0 Å². The topological polar surface area (TPSA) is 41.1 Å². The van der Waals surface area contributed by atoms with Crippen molar-refractivity contribution in [3.05, 3.63) is 41.2 Å². The maximum Gasteiger partial charge on any atom is 0.141 e. The zero-order valence-corrected chi connectivity index (χ0v) is 13.0. The fraction of sp³-hybridized carbons (Fsp3) is 0.412. The van der Waals surface area contributed by atoms with Gasteiger partial charge in [-0.15, -0.1) is 0 Å². The molecule has 0 radical (unpaired) electrons. The van der Waals surface area contributed by atoms with Gasteiger partial charge in [0.05, 0.1) is 0 Å². The van der Waals surface area contributed by atoms with Gasteiger partial charge in [0.25, 0.3) is 0 Å². The molecule has 110 valence electrons. The second-order valence-electron chi connectivity index (χ2n) is 5.42. The highest BCUT2D eigenvalue weighted by Crippen LogP contribution is 2.35. The maximum absolute atomic E-state index is 4.80. The molecule has 0 saturated carbocycles. The molecule has 1 aromatic heterocycles. The van der Waals surface area contributed by atoms with E-state index in [1.807, 2.05) is 7.05 Å². The van der Waals surface area contributed by atoms with Crippen LogP contribution >= 0.6 is 0 Å². The van der Waals surface area contributed by atoms with Crippen molar-refractivity contribution < 1.29 is 0 Å². The van der Waals surface area contributed by atoms with Crippen molar-refractivity contribution in [1.29, 1.82) is 0 Å². The predicted molar refractivity (Wildman–Crippen MR) is 87.5 cm³/mol. The van der Waals surface area contributed by atoms with Gasteiger partial charge in [0.2, 0.25) is 0 Å². The minimum atomic E-state index is 0.845. The number of fused-ring (bicyclic) bond motifs is 1. The second-order valence-corrected chi connectivity index (χ2v) is 5.42. The van der Waals surface area contributed by atoms with Crippen molar-refractivity contribution in [2.24, 2.45) is 0 Å². The highest BCUT2D eigenvalue weighted by molar-refractivity contribution is 5.70. The maximum atomic E-state index is 4.80. The Labute approximate surface area is 126 Å². The summed E-state index contributed by atoms with van der Waals surface area (Å²) in [5.74, 6) is 2.86. The number of aromatic nitrogens is 2. The van der Waals surface area contributed by atoms with Crippen LogP contribution in [0.3, 0.4) is 0 Å². The molecule has 2 heterocycles. The standard InChI is InChI=1S/C17H22N4/c1-4-15-19-16(18-3)12(2)17(20-15)21-11-7-9-13-8-5-6-10-14(13)21/h5-6,8,10H,4,7,9,11H2,1-3H3,(H,18,19,20). The van der Waals surface area contributed by atoms with Crippen LogP contribution in [-0.4, -0.2) is 23.6 Å². The van der Waals surface area contributed by atoms with Crippen LogP contribution in [0.2, 0.25) is 0 Å². The SMILES string of the molecule is CCc1nc(NC)c(C)c(N2CCCc3ccccc32)n1. The van der Waals surface area contributed by atoms with Crippen molar-refractivity contribution in [3.8, 4) is 0 Å². The molecule has 4 nitrogen and oxygen atoms in total. The fourth-order valence-electron chi connectivity index (χ4n) is 2.97. The summed E-state index contributed by atoms with van der Waals surface area (Å²) in [5.41, 5.74) is 3.81. The zero-order valence-electron chi connectivity index (χ0n) is 13.0. The molecule has 2 aromatic rings. The highest BCUT2D eigenvalue weighted by Gasteiger charge is 2.22. The van der Waals surface area contributed by atoms with E-state index in [1.165, 1.54) is 11.3 Å². The van der Waals surface area contributed by atoms with E-state index in [0.717, 1.165) is 48.8 Å². The van der Waals surface area contributed by atoms with Gasteiger partial charge in [0.1, 0.15) is 17.5 Å². The van der Waals surface area contributed by atoms with E-state index in [1.54, 1.807) is 0 Å². The average molecular weight is 282 g/mol. The van der Waals surface area contributed by atoms with Gasteiger partial charge < -0.3 is 10.2 Å². The lowest BCUT2D eigenvalue weighted by molar-refractivity contribution is 0.752. The molecular weight excluding hydrogens is 260 g/mol. The first kappa shape index (κ1) is 13.9. The molecule has 1 aliphatic heterocycles. The second kappa shape index (κ2) is 5.72. The van der Waals surface area contributed by atoms with E-state index in [9.17, 15) is 0 Å². The molecule has 0 bridgehead atoms. The largest absolute Gasteiger partial charge is 0.373 e. The van der Waals surface area contributed by atoms with E-state index in [-0.39, 0.29) is 0 Å². The Morgan fingerprint density at radius 1 is 1.24 bits per heavy atom. The van der Waals surface area contributed by atoms with Gasteiger partial charge in [-0.2, -0.15) is 0 Å². The third-order valence-corrected chi connectivity index (χ3v) is 4.09. The third-order valence-electron chi connectivity index (χ3n) is 4.09. The van der Waals surface area contributed by atoms with Crippen molar-refractivity contribution in [3.63, 3.8) is 0 Å². The molecule has 0 unspecified atom stereocenters. The van der Waals surface area contributed by atoms with Gasteiger partial charge in [0.15, 0.2) is 0 Å². The van der Waals surface area contributed by atoms with Crippen LogP contribution in [0.25, 0.3) is 0 Å². The number of anilines is 3. The van der Waals surface area contributed by atoms with E-state index in [0.29, 0.717) is 0 Å². The number of nitrogens with one attached hydrogen (secondary N) is 1. The molecule has 4 heteroatoms. The van der Waals surface area contributed by atoms with Crippen LogP contribution in [0.4, 0.5) is 17.3 Å². The van der Waals surface area contributed by atoms with Crippen molar-refractivity contribution in [2.45, 2.75) is 33.1 Å². The molecule has 0 aliphatic carbocycles. The van der Waals surface area contributed by atoms with Gasteiger partial charge in [-0.05, 0) is 31.4 Å². The fourth-order valence-corrected chi connectivity index (χ4v) is 2.97. The lowest BCUT2D eigenvalue weighted by Crippen LogP contribution is -2.27. The summed E-state index contributed by atoms with van der Waals surface area (Å²) < 4.78 is 0. The molecule has 1 N–H and O–H groups in total. The van der Waals surface area contributed by atoms with Gasteiger partial charge in [0, 0.05) is 31.3 Å². The van der Waals surface area contributed by atoms with E-state index in [4.69, 9.17) is 4.98 Å². The van der Waals surface area contributed by atoms with Crippen LogP contribution in [0.15, 0.2) is 24.3 Å². The molecule has 1 aromatic carbocycles. The number of benzene rings is 1. The molecule has 3 rings (SSSR count). The summed E-state index contributed by atoms with van der Waals surface area (Å²) in [4.78, 5) is 11.7. The lowest BCUT2D eigenvalue weighted by Gasteiger charge is -2.32. The smallest absolute Gasteiger partial charge is 0.141 e. The molecule has 0 saturated heterocycles. The molecule has 1 aliphatic rings. The molecule has 0 spiro atoms. The lowest BCUT2D eigenvalue weighted by atomic mass is 10.0. The Hall–Kier alpha value is -2.10. The Bertz CT molecular complexity index is 651. The molecular formula is C17H22N4. The number of para-hydroxylation sites is 1. The minimum absolute atomic E-state index is 0.845. The number of hydrogen-bond acceptors (Lipinski definition) is 4. The number of hydrogen-bond donors (Lipinski definition) is 1. The third kappa shape index (κ3) is 2.46. The predicted octanol–water partition coefficient (Wildman–Crippen LogP) is 3.47. The van der Waals surface area contributed by atoms with Crippen LogP contribution < -0.4 is 10.2 Å². The summed E-state index contributed by atoms with van der Waals surface area (Å²) in [6.45, 7) is 5.21. The average Bonchev–Trinajstić information content (AvgIpc) is 2.54. The number of nitrogens with zero attached hydrogens (tertiary/aromatic N) is 3. The van der Waals surface area contributed by atoms with Crippen molar-refractivity contribution in [1.82, 2.24) is 9.97 Å². The molecule has 0 fully saturated rings. The number of rotatable bonds is 3. The highest BCUT2D eigenvalue weighted by atomic mass is 15.2. The van der Waals surface area contributed by atoms with Crippen LogP contribution in [0.5, 0.6) is 0 Å². The molecule has 0 atom stereocenters. The number of aryl methyl sites for hydroxylation is 2. The van der Waals surface area contributed by atoms with E-state index in [2.05, 4.69) is 53.3 Å². The summed E-state index contributed by atoms with van der Waals surface area (Å²) in [5, 5.41) is 3.20. The van der Waals surface area contributed by atoms with Gasteiger partial charge in [-0.25, -0.2) is 9.97 Å². The van der Waals surface area contributed by atoms with Gasteiger partial charge >= 0.3 is 0 Å². The van der Waals surface area contributed by atoms with Crippen LogP contribution in [0.1, 0.15) is 30.3 Å². The summed E-state index contributed by atoms with van der Waals surface area (Å²) in [6.07, 6.45) is 3.16. The molecule has 21 heavy (non-hydrogen) atoms. The Morgan fingerprint density at radius 3 is 2.81 bits per heavy atom. The summed E-state index contributed by atoms with van der Waals surface area (Å²) in [6, 6.07) is 8.64. The first-order valence-electron chi connectivity index (χ1n) is 7.65. The summed E-state index contributed by atoms with van der Waals surface area (Å²) >= 11 is 0. The van der Waals surface area contributed by atoms with Gasteiger partial charge in [-0.3, -0.25) is 0 Å². The minimum Gasteiger partial charge on any atom is -0.373 e. The summed E-state index contributed by atoms with van der Waals surface area (Å²) in [7, 11) is 1.92. The van der Waals surface area contributed by atoms with Crippen LogP contribution in [0, 0.1) is 6.92 Å². The van der Waals surface area contributed by atoms with Crippen molar-refractivity contribution >= 4 is 17.3 Å². The normalized spacial score (nSPS) is 14.0. The van der Waals surface area contributed by atoms with Crippen LogP contribution in [-0.2, 0) is 12.8 Å².